The summed E-state index contributed by atoms with van der Waals surface area (Å²) >= 11 is 0. The average molecular weight is 293 g/mol. The Morgan fingerprint density at radius 2 is 1.86 bits per heavy atom. The van der Waals surface area contributed by atoms with Crippen molar-refractivity contribution in [3.8, 4) is 5.88 Å². The van der Waals surface area contributed by atoms with Crippen LogP contribution in [0.25, 0.3) is 0 Å². The molecular formula is C17H31N3O. The molecule has 0 atom stereocenters. The van der Waals surface area contributed by atoms with Crippen molar-refractivity contribution in [1.82, 2.24) is 9.88 Å². The van der Waals surface area contributed by atoms with Crippen LogP contribution in [0.15, 0.2) is 12.1 Å². The van der Waals surface area contributed by atoms with Crippen molar-refractivity contribution in [2.45, 2.75) is 66.1 Å². The van der Waals surface area contributed by atoms with Crippen LogP contribution >= 0.6 is 0 Å². The predicted molar refractivity (Wildman–Crippen MR) is 88.6 cm³/mol. The van der Waals surface area contributed by atoms with E-state index in [1.807, 2.05) is 6.07 Å². The largest absolute Gasteiger partial charge is 0.476 e. The maximum atomic E-state index is 5.86. The second kappa shape index (κ2) is 9.00. The fourth-order valence-electron chi connectivity index (χ4n) is 2.56. The third-order valence-corrected chi connectivity index (χ3v) is 3.58. The SMILES string of the molecule is CCCc1cc(CN)cc(OCCN(C(C)C)C(C)C)n1. The maximum Gasteiger partial charge on any atom is 0.213 e. The summed E-state index contributed by atoms with van der Waals surface area (Å²) in [5.41, 5.74) is 7.91. The van der Waals surface area contributed by atoms with Crippen LogP contribution in [0.3, 0.4) is 0 Å². The van der Waals surface area contributed by atoms with Gasteiger partial charge in [-0.15, -0.1) is 0 Å². The lowest BCUT2D eigenvalue weighted by molar-refractivity contribution is 0.140. The van der Waals surface area contributed by atoms with Crippen LogP contribution in [0.1, 0.15) is 52.3 Å². The van der Waals surface area contributed by atoms with Gasteiger partial charge in [-0.1, -0.05) is 13.3 Å². The first-order valence-electron chi connectivity index (χ1n) is 8.06. The summed E-state index contributed by atoms with van der Waals surface area (Å²) in [4.78, 5) is 6.98. The van der Waals surface area contributed by atoms with Gasteiger partial charge in [0.25, 0.3) is 0 Å². The molecule has 0 bridgehead atoms. The highest BCUT2D eigenvalue weighted by atomic mass is 16.5. The third-order valence-electron chi connectivity index (χ3n) is 3.58. The highest BCUT2D eigenvalue weighted by Gasteiger charge is 2.13. The number of hydrogen-bond acceptors (Lipinski definition) is 4. The van der Waals surface area contributed by atoms with E-state index in [1.165, 1.54) is 0 Å². The summed E-state index contributed by atoms with van der Waals surface area (Å²) in [6.45, 7) is 13.1. The van der Waals surface area contributed by atoms with Crippen molar-refractivity contribution in [2.75, 3.05) is 13.2 Å². The van der Waals surface area contributed by atoms with E-state index >= 15 is 0 Å². The summed E-state index contributed by atoms with van der Waals surface area (Å²) < 4.78 is 5.86. The lowest BCUT2D eigenvalue weighted by atomic mass is 10.1. The Labute approximate surface area is 129 Å². The smallest absolute Gasteiger partial charge is 0.213 e. The average Bonchev–Trinajstić information content (AvgIpc) is 2.42. The molecule has 0 saturated heterocycles. The van der Waals surface area contributed by atoms with Crippen molar-refractivity contribution in [3.63, 3.8) is 0 Å². The summed E-state index contributed by atoms with van der Waals surface area (Å²) in [5.74, 6) is 0.703. The Morgan fingerprint density at radius 3 is 2.38 bits per heavy atom. The minimum atomic E-state index is 0.521. The van der Waals surface area contributed by atoms with Crippen LogP contribution in [-0.2, 0) is 13.0 Å². The molecule has 0 fully saturated rings. The molecule has 1 aromatic rings. The lowest BCUT2D eigenvalue weighted by Gasteiger charge is -2.30. The van der Waals surface area contributed by atoms with Gasteiger partial charge in [-0.25, -0.2) is 4.98 Å². The topological polar surface area (TPSA) is 51.4 Å². The highest BCUT2D eigenvalue weighted by molar-refractivity contribution is 5.25. The Hall–Kier alpha value is -1.13. The van der Waals surface area contributed by atoms with E-state index in [1.54, 1.807) is 0 Å². The normalized spacial score (nSPS) is 11.7. The van der Waals surface area contributed by atoms with Crippen molar-refractivity contribution in [1.29, 1.82) is 0 Å². The number of pyridine rings is 1. The molecule has 4 heteroatoms. The van der Waals surface area contributed by atoms with Crippen LogP contribution in [-0.4, -0.2) is 35.1 Å². The van der Waals surface area contributed by atoms with E-state index < -0.39 is 0 Å². The number of nitrogens with zero attached hydrogens (tertiary/aromatic N) is 2. The molecule has 0 radical (unpaired) electrons. The first-order valence-corrected chi connectivity index (χ1v) is 8.06. The standard InChI is InChI=1S/C17H31N3O/c1-6-7-16-10-15(12-18)11-17(19-16)21-9-8-20(13(2)3)14(4)5/h10-11,13-14H,6-9,12,18H2,1-5H3. The Bertz CT molecular complexity index is 410. The van der Waals surface area contributed by atoms with E-state index in [2.05, 4.69) is 50.6 Å². The van der Waals surface area contributed by atoms with E-state index in [4.69, 9.17) is 10.5 Å². The van der Waals surface area contributed by atoms with Crippen LogP contribution in [0.5, 0.6) is 5.88 Å². The first kappa shape index (κ1) is 17.9. The molecule has 0 spiro atoms. The van der Waals surface area contributed by atoms with E-state index in [0.29, 0.717) is 31.1 Å². The molecule has 21 heavy (non-hydrogen) atoms. The molecule has 1 heterocycles. The first-order chi connectivity index (χ1) is 9.97. The molecule has 2 N–H and O–H groups in total. The molecule has 0 amide bonds. The molecular weight excluding hydrogens is 262 g/mol. The zero-order chi connectivity index (χ0) is 15.8. The van der Waals surface area contributed by atoms with E-state index in [0.717, 1.165) is 30.6 Å². The lowest BCUT2D eigenvalue weighted by Crippen LogP contribution is -2.39. The number of ether oxygens (including phenoxy) is 1. The van der Waals surface area contributed by atoms with E-state index in [9.17, 15) is 0 Å². The van der Waals surface area contributed by atoms with Gasteiger partial charge in [0.15, 0.2) is 0 Å². The van der Waals surface area contributed by atoms with Gasteiger partial charge in [0.1, 0.15) is 6.61 Å². The third kappa shape index (κ3) is 6.02. The Kier molecular flexibility index (Phi) is 7.68. The highest BCUT2D eigenvalue weighted by Crippen LogP contribution is 2.14. The molecule has 0 aromatic carbocycles. The predicted octanol–water partition coefficient (Wildman–Crippen LogP) is 2.99. The summed E-state index contributed by atoms with van der Waals surface area (Å²) in [6.07, 6.45) is 2.04. The number of aromatic nitrogens is 1. The monoisotopic (exact) mass is 293 g/mol. The number of nitrogens with two attached hydrogens (primary N) is 1. The van der Waals surface area contributed by atoms with Crippen molar-refractivity contribution < 1.29 is 4.74 Å². The van der Waals surface area contributed by atoms with Gasteiger partial charge in [0, 0.05) is 36.9 Å². The molecule has 4 nitrogen and oxygen atoms in total. The van der Waals surface area contributed by atoms with Crippen molar-refractivity contribution >= 4 is 0 Å². The molecule has 1 rings (SSSR count). The fraction of sp³-hybridized carbons (Fsp3) is 0.706. The zero-order valence-corrected chi connectivity index (χ0v) is 14.2. The molecule has 120 valence electrons. The second-order valence-electron chi connectivity index (χ2n) is 6.03. The van der Waals surface area contributed by atoms with Gasteiger partial charge in [-0.3, -0.25) is 4.90 Å². The second-order valence-corrected chi connectivity index (χ2v) is 6.03. The zero-order valence-electron chi connectivity index (χ0n) is 14.2. The molecule has 0 aliphatic rings. The number of rotatable bonds is 9. The molecule has 0 unspecified atom stereocenters. The van der Waals surface area contributed by atoms with Gasteiger partial charge in [-0.2, -0.15) is 0 Å². The summed E-state index contributed by atoms with van der Waals surface area (Å²) in [6, 6.07) is 5.07. The van der Waals surface area contributed by atoms with Gasteiger partial charge in [0.2, 0.25) is 5.88 Å². The van der Waals surface area contributed by atoms with Gasteiger partial charge >= 0.3 is 0 Å². The molecule has 0 aliphatic carbocycles. The Morgan fingerprint density at radius 1 is 1.19 bits per heavy atom. The van der Waals surface area contributed by atoms with E-state index in [-0.39, 0.29) is 0 Å². The van der Waals surface area contributed by atoms with Crippen molar-refractivity contribution in [2.24, 2.45) is 5.73 Å². The van der Waals surface area contributed by atoms with Crippen LogP contribution in [0, 0.1) is 0 Å². The number of hydrogen-bond donors (Lipinski definition) is 1. The minimum absolute atomic E-state index is 0.521. The van der Waals surface area contributed by atoms with Gasteiger partial charge in [0.05, 0.1) is 0 Å². The van der Waals surface area contributed by atoms with Gasteiger partial charge < -0.3 is 10.5 Å². The van der Waals surface area contributed by atoms with Crippen LogP contribution < -0.4 is 10.5 Å². The van der Waals surface area contributed by atoms with Crippen LogP contribution in [0.2, 0.25) is 0 Å². The molecule has 1 aromatic heterocycles. The quantitative estimate of drug-likeness (QED) is 0.760. The van der Waals surface area contributed by atoms with Crippen molar-refractivity contribution in [3.05, 3.63) is 23.4 Å². The fourth-order valence-corrected chi connectivity index (χ4v) is 2.56. The molecule has 0 aliphatic heterocycles. The maximum absolute atomic E-state index is 5.86. The molecule has 0 saturated carbocycles. The summed E-state index contributed by atoms with van der Waals surface area (Å²) in [5, 5.41) is 0. The number of aryl methyl sites for hydroxylation is 1. The van der Waals surface area contributed by atoms with Gasteiger partial charge in [-0.05, 0) is 45.7 Å². The Balaban J connectivity index is 2.63. The minimum Gasteiger partial charge on any atom is -0.476 e. The van der Waals surface area contributed by atoms with Crippen LogP contribution in [0.4, 0.5) is 0 Å². The summed E-state index contributed by atoms with van der Waals surface area (Å²) in [7, 11) is 0.